The van der Waals surface area contributed by atoms with Crippen LogP contribution in [0, 0.1) is 5.92 Å². The number of anilines is 1. The molecule has 1 fully saturated rings. The monoisotopic (exact) mass is 354 g/mol. The lowest BCUT2D eigenvalue weighted by Crippen LogP contribution is -2.40. The van der Waals surface area contributed by atoms with Gasteiger partial charge in [-0.05, 0) is 37.0 Å². The fourth-order valence-corrected chi connectivity index (χ4v) is 3.08. The van der Waals surface area contributed by atoms with Crippen molar-refractivity contribution < 1.29 is 9.53 Å². The Labute approximate surface area is 154 Å². The molecule has 1 aromatic carbocycles. The number of nitrogens with one attached hydrogen (secondary N) is 1. The maximum atomic E-state index is 12.4. The van der Waals surface area contributed by atoms with Crippen LogP contribution in [0.3, 0.4) is 0 Å². The van der Waals surface area contributed by atoms with Crippen LogP contribution in [0.4, 0.5) is 5.82 Å². The minimum Gasteiger partial charge on any atom is -0.494 e. The van der Waals surface area contributed by atoms with Crippen molar-refractivity contribution in [2.75, 3.05) is 24.6 Å². The first-order valence-electron chi connectivity index (χ1n) is 9.26. The number of carbonyl (C=O) groups excluding carboxylic acids is 1. The highest BCUT2D eigenvalue weighted by atomic mass is 16.5. The molecule has 1 aromatic heterocycles. The molecule has 1 aliphatic heterocycles. The second kappa shape index (κ2) is 9.17. The van der Waals surface area contributed by atoms with Crippen molar-refractivity contribution in [2.24, 2.45) is 5.92 Å². The van der Waals surface area contributed by atoms with Gasteiger partial charge in [0.05, 0.1) is 12.8 Å². The second-order valence-electron chi connectivity index (χ2n) is 6.54. The number of ether oxygens (including phenoxy) is 1. The number of hydrogen-bond acceptors (Lipinski definition) is 5. The first-order chi connectivity index (χ1) is 12.8. The predicted molar refractivity (Wildman–Crippen MR) is 101 cm³/mol. The first kappa shape index (κ1) is 18.2. The van der Waals surface area contributed by atoms with E-state index in [1.165, 1.54) is 0 Å². The van der Waals surface area contributed by atoms with Crippen LogP contribution in [0.5, 0.6) is 5.75 Å². The molecule has 3 rings (SSSR count). The molecular weight excluding hydrogens is 328 g/mol. The van der Waals surface area contributed by atoms with Gasteiger partial charge in [-0.1, -0.05) is 19.1 Å². The third kappa shape index (κ3) is 4.94. The molecule has 0 saturated carbocycles. The van der Waals surface area contributed by atoms with E-state index in [0.717, 1.165) is 56.1 Å². The van der Waals surface area contributed by atoms with Crippen LogP contribution in [-0.4, -0.2) is 35.6 Å². The molecule has 1 N–H and O–H groups in total. The third-order valence-corrected chi connectivity index (χ3v) is 4.60. The third-order valence-electron chi connectivity index (χ3n) is 4.60. The van der Waals surface area contributed by atoms with Crippen molar-refractivity contribution in [3.05, 3.63) is 48.4 Å². The first-order valence-corrected chi connectivity index (χ1v) is 9.26. The van der Waals surface area contributed by atoms with Crippen LogP contribution in [0.2, 0.25) is 0 Å². The lowest BCUT2D eigenvalue weighted by atomic mass is 9.96. The number of piperidine rings is 1. The van der Waals surface area contributed by atoms with Gasteiger partial charge in [-0.2, -0.15) is 0 Å². The van der Waals surface area contributed by atoms with Crippen LogP contribution in [0.1, 0.15) is 31.7 Å². The quantitative estimate of drug-likeness (QED) is 0.828. The summed E-state index contributed by atoms with van der Waals surface area (Å²) in [4.78, 5) is 23.1. The van der Waals surface area contributed by atoms with E-state index in [2.05, 4.69) is 27.1 Å². The Bertz CT molecular complexity index is 683. The number of amides is 1. The standard InChI is InChI=1S/C20H26N4O2/c1-2-13-26-18-5-3-16(4-6-18)14-23-20(25)17-7-11-24(12-8-17)19-15-21-9-10-22-19/h3-6,9-10,15,17H,2,7-8,11-14H2,1H3,(H,23,25). The van der Waals surface area contributed by atoms with E-state index < -0.39 is 0 Å². The van der Waals surface area contributed by atoms with Gasteiger partial charge in [-0.15, -0.1) is 0 Å². The molecule has 6 nitrogen and oxygen atoms in total. The maximum absolute atomic E-state index is 12.4. The van der Waals surface area contributed by atoms with Crippen molar-refractivity contribution in [2.45, 2.75) is 32.7 Å². The maximum Gasteiger partial charge on any atom is 0.223 e. The van der Waals surface area contributed by atoms with Gasteiger partial charge in [-0.3, -0.25) is 9.78 Å². The average Bonchev–Trinajstić information content (AvgIpc) is 2.72. The fourth-order valence-electron chi connectivity index (χ4n) is 3.08. The topological polar surface area (TPSA) is 67.3 Å². The van der Waals surface area contributed by atoms with E-state index in [1.54, 1.807) is 18.6 Å². The summed E-state index contributed by atoms with van der Waals surface area (Å²) >= 11 is 0. The zero-order chi connectivity index (χ0) is 18.2. The number of benzene rings is 1. The number of rotatable bonds is 7. The highest BCUT2D eigenvalue weighted by molar-refractivity contribution is 5.79. The molecule has 138 valence electrons. The minimum atomic E-state index is 0.0649. The summed E-state index contributed by atoms with van der Waals surface area (Å²) < 4.78 is 5.58. The zero-order valence-electron chi connectivity index (χ0n) is 15.2. The summed E-state index contributed by atoms with van der Waals surface area (Å²) in [5.41, 5.74) is 1.08. The van der Waals surface area contributed by atoms with E-state index in [4.69, 9.17) is 4.74 Å². The Morgan fingerprint density at radius 3 is 2.65 bits per heavy atom. The van der Waals surface area contributed by atoms with Crippen LogP contribution >= 0.6 is 0 Å². The van der Waals surface area contributed by atoms with Gasteiger partial charge < -0.3 is 15.0 Å². The lowest BCUT2D eigenvalue weighted by molar-refractivity contribution is -0.125. The number of nitrogens with zero attached hydrogens (tertiary/aromatic N) is 3. The van der Waals surface area contributed by atoms with Gasteiger partial charge in [0.25, 0.3) is 0 Å². The molecule has 1 amide bonds. The number of carbonyl (C=O) groups is 1. The summed E-state index contributed by atoms with van der Waals surface area (Å²) in [5, 5.41) is 3.06. The summed E-state index contributed by atoms with van der Waals surface area (Å²) in [5.74, 6) is 1.96. The van der Waals surface area contributed by atoms with Crippen molar-refractivity contribution in [3.63, 3.8) is 0 Å². The van der Waals surface area contributed by atoms with Gasteiger partial charge >= 0.3 is 0 Å². The second-order valence-corrected chi connectivity index (χ2v) is 6.54. The Kier molecular flexibility index (Phi) is 6.41. The minimum absolute atomic E-state index is 0.0649. The molecule has 1 aliphatic rings. The Balaban J connectivity index is 1.43. The molecule has 1 saturated heterocycles. The van der Waals surface area contributed by atoms with Gasteiger partial charge in [-0.25, -0.2) is 4.98 Å². The van der Waals surface area contributed by atoms with Crippen molar-refractivity contribution in [3.8, 4) is 5.75 Å². The molecule has 0 unspecified atom stereocenters. The molecule has 6 heteroatoms. The van der Waals surface area contributed by atoms with Crippen LogP contribution in [0.15, 0.2) is 42.9 Å². The fraction of sp³-hybridized carbons (Fsp3) is 0.450. The van der Waals surface area contributed by atoms with Gasteiger partial charge in [0.15, 0.2) is 0 Å². The molecule has 0 aliphatic carbocycles. The SMILES string of the molecule is CCCOc1ccc(CNC(=O)C2CCN(c3cnccn3)CC2)cc1. The van der Waals surface area contributed by atoms with E-state index in [-0.39, 0.29) is 11.8 Å². The van der Waals surface area contributed by atoms with E-state index in [9.17, 15) is 4.79 Å². The predicted octanol–water partition coefficient (Wildman–Crippen LogP) is 2.80. The Hall–Kier alpha value is -2.63. The van der Waals surface area contributed by atoms with Crippen molar-refractivity contribution >= 4 is 11.7 Å². The zero-order valence-corrected chi connectivity index (χ0v) is 15.2. The molecule has 0 spiro atoms. The lowest BCUT2D eigenvalue weighted by Gasteiger charge is -2.31. The number of hydrogen-bond donors (Lipinski definition) is 1. The summed E-state index contributed by atoms with van der Waals surface area (Å²) in [6.45, 7) is 5.03. The largest absolute Gasteiger partial charge is 0.494 e. The van der Waals surface area contributed by atoms with E-state index in [1.807, 2.05) is 24.3 Å². The summed E-state index contributed by atoms with van der Waals surface area (Å²) in [6, 6.07) is 7.91. The molecular formula is C20H26N4O2. The van der Waals surface area contributed by atoms with Gasteiger partial charge in [0, 0.05) is 37.9 Å². The normalized spacial score (nSPS) is 14.9. The smallest absolute Gasteiger partial charge is 0.223 e. The van der Waals surface area contributed by atoms with E-state index >= 15 is 0 Å². The molecule has 2 heterocycles. The van der Waals surface area contributed by atoms with E-state index in [0.29, 0.717) is 6.54 Å². The highest BCUT2D eigenvalue weighted by Gasteiger charge is 2.25. The van der Waals surface area contributed by atoms with Crippen LogP contribution < -0.4 is 15.0 Å². The van der Waals surface area contributed by atoms with Crippen molar-refractivity contribution in [1.82, 2.24) is 15.3 Å². The van der Waals surface area contributed by atoms with Gasteiger partial charge in [0.1, 0.15) is 11.6 Å². The molecule has 0 radical (unpaired) electrons. The Morgan fingerprint density at radius 1 is 1.23 bits per heavy atom. The van der Waals surface area contributed by atoms with Crippen LogP contribution in [0.25, 0.3) is 0 Å². The average molecular weight is 354 g/mol. The Morgan fingerprint density at radius 2 is 2.00 bits per heavy atom. The summed E-state index contributed by atoms with van der Waals surface area (Å²) in [7, 11) is 0. The molecule has 0 bridgehead atoms. The van der Waals surface area contributed by atoms with Crippen LogP contribution in [-0.2, 0) is 11.3 Å². The number of aromatic nitrogens is 2. The molecule has 0 atom stereocenters. The molecule has 26 heavy (non-hydrogen) atoms. The molecule has 2 aromatic rings. The van der Waals surface area contributed by atoms with Crippen molar-refractivity contribution in [1.29, 1.82) is 0 Å². The summed E-state index contributed by atoms with van der Waals surface area (Å²) in [6.07, 6.45) is 7.82. The highest BCUT2D eigenvalue weighted by Crippen LogP contribution is 2.21. The van der Waals surface area contributed by atoms with Gasteiger partial charge in [0.2, 0.25) is 5.91 Å².